The second kappa shape index (κ2) is 6.04. The smallest absolute Gasteiger partial charge is 0.310 e. The molecule has 1 fully saturated rings. The highest BCUT2D eigenvalue weighted by Gasteiger charge is 2.45. The van der Waals surface area contributed by atoms with Gasteiger partial charge in [-0.25, -0.2) is 5.01 Å². The Bertz CT molecular complexity index is 578. The molecule has 2 aliphatic rings. The van der Waals surface area contributed by atoms with Crippen LogP contribution in [0.25, 0.3) is 0 Å². The van der Waals surface area contributed by atoms with Gasteiger partial charge in [-0.2, -0.15) is 0 Å². The van der Waals surface area contributed by atoms with Gasteiger partial charge in [0.2, 0.25) is 0 Å². The topological polar surface area (TPSA) is 62.2 Å². The van der Waals surface area contributed by atoms with E-state index >= 15 is 0 Å². The molecule has 0 amide bonds. The lowest BCUT2D eigenvalue weighted by molar-refractivity contribution is -0.150. The summed E-state index contributed by atoms with van der Waals surface area (Å²) in [5.74, 6) is -0.411. The number of likely N-dealkylation sites (N-methyl/N-ethyl adjacent to an activating group) is 1. The number of esters is 1. The molecule has 22 heavy (non-hydrogen) atoms. The molecule has 2 heterocycles. The Kier molecular flexibility index (Phi) is 4.11. The summed E-state index contributed by atoms with van der Waals surface area (Å²) in [5, 5.41) is 4.78. The molecule has 1 aromatic carbocycles. The van der Waals surface area contributed by atoms with Crippen LogP contribution in [0.3, 0.4) is 0 Å². The predicted molar refractivity (Wildman–Crippen MR) is 83.4 cm³/mol. The highest BCUT2D eigenvalue weighted by molar-refractivity contribution is 5.74. The average molecular weight is 303 g/mol. The molecule has 3 rings (SSSR count). The number of nitrogens with zero attached hydrogens (tertiary/aromatic N) is 3. The van der Waals surface area contributed by atoms with E-state index in [4.69, 9.17) is 4.74 Å². The van der Waals surface area contributed by atoms with E-state index in [1.807, 2.05) is 31.3 Å². The fourth-order valence-corrected chi connectivity index (χ4v) is 3.93. The minimum absolute atomic E-state index is 0.0636. The molecule has 0 bridgehead atoms. The van der Waals surface area contributed by atoms with Gasteiger partial charge in [-0.05, 0) is 44.5 Å². The van der Waals surface area contributed by atoms with E-state index in [0.29, 0.717) is 0 Å². The summed E-state index contributed by atoms with van der Waals surface area (Å²) in [5.41, 5.74) is 1.96. The highest BCUT2D eigenvalue weighted by atomic mass is 16.5. The number of ether oxygens (including phenoxy) is 1. The Labute approximate surface area is 130 Å². The molecule has 2 aliphatic heterocycles. The second-order valence-electron chi connectivity index (χ2n) is 6.07. The Morgan fingerprint density at radius 3 is 2.86 bits per heavy atom. The number of methoxy groups -OCH3 is 1. The third-order valence-electron chi connectivity index (χ3n) is 4.91. The van der Waals surface area contributed by atoms with Crippen molar-refractivity contribution >= 4 is 11.7 Å². The highest BCUT2D eigenvalue weighted by Crippen LogP contribution is 2.38. The van der Waals surface area contributed by atoms with Crippen LogP contribution < -0.4 is 5.01 Å². The molecule has 1 saturated heterocycles. The maximum absolute atomic E-state index is 12.2. The zero-order valence-corrected chi connectivity index (χ0v) is 12.9. The Hall–Kier alpha value is -1.95. The second-order valence-corrected chi connectivity index (χ2v) is 6.07. The van der Waals surface area contributed by atoms with Gasteiger partial charge in [-0.3, -0.25) is 4.79 Å². The molecule has 6 heteroatoms. The van der Waals surface area contributed by atoms with Crippen molar-refractivity contribution in [3.63, 3.8) is 0 Å². The van der Waals surface area contributed by atoms with Crippen molar-refractivity contribution in [2.24, 2.45) is 11.2 Å². The van der Waals surface area contributed by atoms with Crippen LogP contribution in [0.5, 0.6) is 0 Å². The molecule has 0 aromatic heterocycles. The van der Waals surface area contributed by atoms with Gasteiger partial charge in [0.1, 0.15) is 0 Å². The molecule has 0 N–H and O–H groups in total. The number of anilines is 1. The van der Waals surface area contributed by atoms with E-state index in [0.717, 1.165) is 37.1 Å². The number of carbonyl (C=O) groups excluding carboxylic acids is 1. The summed E-state index contributed by atoms with van der Waals surface area (Å²) in [4.78, 5) is 25.8. The summed E-state index contributed by atoms with van der Waals surface area (Å²) >= 11 is 0. The van der Waals surface area contributed by atoms with Gasteiger partial charge in [0.15, 0.2) is 0 Å². The van der Waals surface area contributed by atoms with E-state index in [-0.39, 0.29) is 24.0 Å². The van der Waals surface area contributed by atoms with Gasteiger partial charge in [0.25, 0.3) is 0 Å². The molecular weight excluding hydrogens is 282 g/mol. The number of hydrogen-bond acceptors (Lipinski definition) is 5. The van der Waals surface area contributed by atoms with Crippen molar-refractivity contribution in [2.45, 2.75) is 31.3 Å². The maximum atomic E-state index is 12.2. The Balaban J connectivity index is 1.94. The number of para-hydroxylation sites is 1. The van der Waals surface area contributed by atoms with E-state index in [1.54, 1.807) is 0 Å². The van der Waals surface area contributed by atoms with E-state index in [9.17, 15) is 9.70 Å². The number of likely N-dealkylation sites (tertiary alicyclic amines) is 1. The van der Waals surface area contributed by atoms with E-state index < -0.39 is 0 Å². The van der Waals surface area contributed by atoms with Crippen LogP contribution in [0.15, 0.2) is 29.6 Å². The Morgan fingerprint density at radius 1 is 1.36 bits per heavy atom. The lowest BCUT2D eigenvalue weighted by atomic mass is 9.83. The van der Waals surface area contributed by atoms with Crippen molar-refractivity contribution in [1.82, 2.24) is 4.90 Å². The average Bonchev–Trinajstić information content (AvgIpc) is 2.91. The van der Waals surface area contributed by atoms with Crippen LogP contribution in [0.2, 0.25) is 0 Å². The minimum atomic E-state index is -0.215. The van der Waals surface area contributed by atoms with Gasteiger partial charge < -0.3 is 9.64 Å². The van der Waals surface area contributed by atoms with Crippen molar-refractivity contribution < 1.29 is 9.53 Å². The summed E-state index contributed by atoms with van der Waals surface area (Å²) in [7, 11) is 3.43. The van der Waals surface area contributed by atoms with Crippen LogP contribution in [-0.2, 0) is 16.0 Å². The van der Waals surface area contributed by atoms with Gasteiger partial charge in [-0.15, -0.1) is 4.91 Å². The number of piperidine rings is 1. The molecule has 0 aliphatic carbocycles. The zero-order valence-electron chi connectivity index (χ0n) is 12.9. The van der Waals surface area contributed by atoms with Crippen molar-refractivity contribution in [2.75, 3.05) is 25.7 Å². The fraction of sp³-hybridized carbons (Fsp3) is 0.562. The molecule has 1 aromatic rings. The normalized spacial score (nSPS) is 28.3. The molecule has 3 atom stereocenters. The monoisotopic (exact) mass is 303 g/mol. The maximum Gasteiger partial charge on any atom is 0.310 e. The zero-order chi connectivity index (χ0) is 15.7. The van der Waals surface area contributed by atoms with Gasteiger partial charge in [0.05, 0.1) is 30.0 Å². The van der Waals surface area contributed by atoms with Gasteiger partial charge >= 0.3 is 5.97 Å². The molecule has 118 valence electrons. The quantitative estimate of drug-likeness (QED) is 0.631. The van der Waals surface area contributed by atoms with Gasteiger partial charge in [-0.1, -0.05) is 18.2 Å². The first-order valence-corrected chi connectivity index (χ1v) is 7.66. The first-order valence-electron chi connectivity index (χ1n) is 7.66. The Morgan fingerprint density at radius 2 is 2.14 bits per heavy atom. The SMILES string of the molecule is COC(=O)C1CCCN(C)C1C1Cc2ccccc2N1N=O. The molecular formula is C16H21N3O3. The van der Waals surface area contributed by atoms with Crippen molar-refractivity contribution in [3.8, 4) is 0 Å². The molecule has 0 radical (unpaired) electrons. The third kappa shape index (κ3) is 2.37. The van der Waals surface area contributed by atoms with Crippen LogP contribution in [0.4, 0.5) is 5.69 Å². The molecule has 0 spiro atoms. The summed E-state index contributed by atoms with van der Waals surface area (Å²) < 4.78 is 4.98. The van der Waals surface area contributed by atoms with Crippen LogP contribution >= 0.6 is 0 Å². The number of nitroso groups, excluding NO2 is 1. The standard InChI is InChI=1S/C16H21N3O3/c1-18-9-5-7-12(16(20)22-2)15(18)14-10-11-6-3-4-8-13(11)19(14)17-21/h3-4,6,8,12,14-15H,5,7,9-10H2,1-2H3. The number of rotatable bonds is 3. The summed E-state index contributed by atoms with van der Waals surface area (Å²) in [6.45, 7) is 0.914. The first-order chi connectivity index (χ1) is 10.7. The van der Waals surface area contributed by atoms with E-state index in [2.05, 4.69) is 10.2 Å². The minimum Gasteiger partial charge on any atom is -0.469 e. The number of fused-ring (bicyclic) bond motifs is 1. The lowest BCUT2D eigenvalue weighted by Crippen LogP contribution is -2.56. The van der Waals surface area contributed by atoms with Crippen LogP contribution in [0.1, 0.15) is 18.4 Å². The summed E-state index contributed by atoms with van der Waals surface area (Å²) in [6, 6.07) is 7.61. The number of benzene rings is 1. The fourth-order valence-electron chi connectivity index (χ4n) is 3.93. The van der Waals surface area contributed by atoms with Crippen LogP contribution in [-0.4, -0.2) is 43.7 Å². The first kappa shape index (κ1) is 15.0. The number of hydrogen-bond donors (Lipinski definition) is 0. The van der Waals surface area contributed by atoms with Gasteiger partial charge in [0, 0.05) is 6.04 Å². The van der Waals surface area contributed by atoms with E-state index in [1.165, 1.54) is 12.1 Å². The molecule has 3 unspecified atom stereocenters. The molecule has 0 saturated carbocycles. The largest absolute Gasteiger partial charge is 0.469 e. The third-order valence-corrected chi connectivity index (χ3v) is 4.91. The summed E-state index contributed by atoms with van der Waals surface area (Å²) in [6.07, 6.45) is 2.48. The van der Waals surface area contributed by atoms with Crippen molar-refractivity contribution in [3.05, 3.63) is 34.7 Å². The molecule has 6 nitrogen and oxygen atoms in total. The van der Waals surface area contributed by atoms with Crippen LogP contribution in [0, 0.1) is 10.8 Å². The van der Waals surface area contributed by atoms with Crippen molar-refractivity contribution in [1.29, 1.82) is 0 Å². The predicted octanol–water partition coefficient (Wildman–Crippen LogP) is 1.98. The lowest BCUT2D eigenvalue weighted by Gasteiger charge is -2.42. The number of carbonyl (C=O) groups is 1.